The quantitative estimate of drug-likeness (QED) is 0.208. The molecule has 9 heteroatoms. The summed E-state index contributed by atoms with van der Waals surface area (Å²) in [6.07, 6.45) is 5.50. The lowest BCUT2D eigenvalue weighted by atomic mass is 9.97. The van der Waals surface area contributed by atoms with E-state index in [-0.39, 0.29) is 24.0 Å². The summed E-state index contributed by atoms with van der Waals surface area (Å²) in [6.45, 7) is 7.86. The summed E-state index contributed by atoms with van der Waals surface area (Å²) in [4.78, 5) is 7.40. The Labute approximate surface area is 214 Å². The van der Waals surface area contributed by atoms with Crippen LogP contribution in [-0.2, 0) is 20.1 Å². The molecule has 32 heavy (non-hydrogen) atoms. The van der Waals surface area contributed by atoms with Crippen LogP contribution in [0, 0.1) is 6.92 Å². The molecule has 1 aliphatic heterocycles. The van der Waals surface area contributed by atoms with Gasteiger partial charge >= 0.3 is 0 Å². The number of hydrogen-bond acceptors (Lipinski definition) is 5. The van der Waals surface area contributed by atoms with Crippen molar-refractivity contribution < 1.29 is 0 Å². The lowest BCUT2D eigenvalue weighted by Crippen LogP contribution is -2.51. The SMILES string of the molecule is CSCCCNC(=NCc1nnc(C)n1C)NC1CCN(Cc2ccccc2)C(C)C1.I. The fourth-order valence-corrected chi connectivity index (χ4v) is 4.35. The van der Waals surface area contributed by atoms with Crippen molar-refractivity contribution in [3.05, 3.63) is 47.5 Å². The number of benzene rings is 1. The normalized spacial score (nSPS) is 19.4. The smallest absolute Gasteiger partial charge is 0.191 e. The highest BCUT2D eigenvalue weighted by atomic mass is 127. The van der Waals surface area contributed by atoms with Gasteiger partial charge in [-0.1, -0.05) is 30.3 Å². The summed E-state index contributed by atoms with van der Waals surface area (Å²) in [7, 11) is 1.99. The first-order valence-corrected chi connectivity index (χ1v) is 12.6. The first-order chi connectivity index (χ1) is 15.1. The van der Waals surface area contributed by atoms with E-state index in [4.69, 9.17) is 4.99 Å². The van der Waals surface area contributed by atoms with Crippen molar-refractivity contribution in [2.24, 2.45) is 12.0 Å². The lowest BCUT2D eigenvalue weighted by Gasteiger charge is -2.38. The van der Waals surface area contributed by atoms with Crippen LogP contribution in [-0.4, -0.2) is 62.8 Å². The zero-order chi connectivity index (χ0) is 22.1. The number of aryl methyl sites for hydroxylation is 1. The number of halogens is 1. The van der Waals surface area contributed by atoms with Crippen molar-refractivity contribution in [3.8, 4) is 0 Å². The maximum atomic E-state index is 4.82. The van der Waals surface area contributed by atoms with Crippen molar-refractivity contribution in [2.75, 3.05) is 25.1 Å². The minimum atomic E-state index is 0. The third kappa shape index (κ3) is 8.22. The number of guanidine groups is 1. The monoisotopic (exact) mass is 571 g/mol. The molecule has 1 saturated heterocycles. The van der Waals surface area contributed by atoms with E-state index >= 15 is 0 Å². The minimum Gasteiger partial charge on any atom is -0.356 e. The first-order valence-electron chi connectivity index (χ1n) is 11.2. The van der Waals surface area contributed by atoms with Crippen LogP contribution in [0.1, 0.15) is 43.4 Å². The Balaban J connectivity index is 0.00000363. The minimum absolute atomic E-state index is 0. The standard InChI is InChI=1S/C23H37N7S.HI/c1-18-15-21(11-13-30(18)17-20-9-6-5-7-10-20)26-23(24-12-8-14-31-4)25-16-22-28-27-19(2)29(22)3;/h5-7,9-10,18,21H,8,11-17H2,1-4H3,(H2,24,25,26);1H. The van der Waals surface area contributed by atoms with Crippen LogP contribution >= 0.6 is 35.7 Å². The van der Waals surface area contributed by atoms with Gasteiger partial charge in [-0.25, -0.2) is 4.99 Å². The van der Waals surface area contributed by atoms with Gasteiger partial charge in [-0.15, -0.1) is 34.2 Å². The van der Waals surface area contributed by atoms with Gasteiger partial charge in [-0.05, 0) is 50.7 Å². The Morgan fingerprint density at radius 2 is 2.03 bits per heavy atom. The second kappa shape index (κ2) is 14.0. The number of piperidine rings is 1. The summed E-state index contributed by atoms with van der Waals surface area (Å²) < 4.78 is 2.00. The predicted molar refractivity (Wildman–Crippen MR) is 146 cm³/mol. The number of thioether (sulfide) groups is 1. The van der Waals surface area contributed by atoms with Crippen LogP contribution in [0.4, 0.5) is 0 Å². The van der Waals surface area contributed by atoms with Gasteiger partial charge in [0.2, 0.25) is 0 Å². The molecule has 1 fully saturated rings. The van der Waals surface area contributed by atoms with Gasteiger partial charge in [0.15, 0.2) is 11.8 Å². The summed E-state index contributed by atoms with van der Waals surface area (Å²) in [5.41, 5.74) is 1.39. The van der Waals surface area contributed by atoms with E-state index < -0.39 is 0 Å². The number of aliphatic imine (C=N–C) groups is 1. The van der Waals surface area contributed by atoms with Crippen molar-refractivity contribution >= 4 is 41.7 Å². The van der Waals surface area contributed by atoms with Gasteiger partial charge in [0, 0.05) is 38.8 Å². The molecule has 7 nitrogen and oxygen atoms in total. The molecule has 2 aromatic rings. The van der Waals surface area contributed by atoms with Gasteiger partial charge in [-0.2, -0.15) is 11.8 Å². The van der Waals surface area contributed by atoms with E-state index in [1.165, 1.54) is 5.56 Å². The van der Waals surface area contributed by atoms with Crippen molar-refractivity contribution in [3.63, 3.8) is 0 Å². The number of likely N-dealkylation sites (tertiary alicyclic amines) is 1. The van der Waals surface area contributed by atoms with E-state index in [0.29, 0.717) is 18.6 Å². The lowest BCUT2D eigenvalue weighted by molar-refractivity contribution is 0.134. The zero-order valence-corrected chi connectivity index (χ0v) is 22.9. The molecule has 0 aliphatic carbocycles. The molecule has 0 amide bonds. The van der Waals surface area contributed by atoms with Gasteiger partial charge in [0.1, 0.15) is 12.4 Å². The number of rotatable bonds is 9. The molecule has 1 aliphatic rings. The van der Waals surface area contributed by atoms with Crippen LogP contribution < -0.4 is 10.6 Å². The summed E-state index contributed by atoms with van der Waals surface area (Å²) in [6, 6.07) is 11.7. The fraction of sp³-hybridized carbons (Fsp3) is 0.609. The second-order valence-electron chi connectivity index (χ2n) is 8.33. The second-order valence-corrected chi connectivity index (χ2v) is 9.32. The first kappa shape index (κ1) is 26.9. The molecule has 178 valence electrons. The molecule has 0 bridgehead atoms. The number of nitrogens with one attached hydrogen (secondary N) is 2. The average Bonchev–Trinajstić information content (AvgIpc) is 3.09. The molecule has 0 saturated carbocycles. The van der Waals surface area contributed by atoms with E-state index in [2.05, 4.69) is 69.2 Å². The topological polar surface area (TPSA) is 70.4 Å². The highest BCUT2D eigenvalue weighted by molar-refractivity contribution is 14.0. The third-order valence-electron chi connectivity index (χ3n) is 5.96. The van der Waals surface area contributed by atoms with Crippen LogP contribution in [0.2, 0.25) is 0 Å². The Kier molecular flexibility index (Phi) is 11.8. The number of nitrogens with zero attached hydrogens (tertiary/aromatic N) is 5. The molecule has 3 rings (SSSR count). The Bertz CT molecular complexity index is 827. The van der Waals surface area contributed by atoms with Crippen molar-refractivity contribution in [1.82, 2.24) is 30.3 Å². The van der Waals surface area contributed by atoms with E-state index in [1.54, 1.807) is 0 Å². The maximum absolute atomic E-state index is 4.82. The van der Waals surface area contributed by atoms with Gasteiger partial charge in [0.05, 0.1) is 0 Å². The summed E-state index contributed by atoms with van der Waals surface area (Å²) >= 11 is 1.88. The predicted octanol–water partition coefficient (Wildman–Crippen LogP) is 3.58. The molecule has 0 radical (unpaired) electrons. The Hall–Kier alpha value is -1.33. The Morgan fingerprint density at radius 3 is 2.69 bits per heavy atom. The third-order valence-corrected chi connectivity index (χ3v) is 6.66. The molecular formula is C23H38IN7S. The van der Waals surface area contributed by atoms with E-state index in [0.717, 1.165) is 62.3 Å². The highest BCUT2D eigenvalue weighted by Gasteiger charge is 2.26. The van der Waals surface area contributed by atoms with Crippen LogP contribution in [0.15, 0.2) is 35.3 Å². The van der Waals surface area contributed by atoms with E-state index in [9.17, 15) is 0 Å². The largest absolute Gasteiger partial charge is 0.356 e. The molecule has 1 aromatic heterocycles. The molecule has 0 spiro atoms. The average molecular weight is 572 g/mol. The summed E-state index contributed by atoms with van der Waals surface area (Å²) in [5.74, 6) is 3.83. The molecule has 2 heterocycles. The van der Waals surface area contributed by atoms with Gasteiger partial charge in [-0.3, -0.25) is 4.90 Å². The van der Waals surface area contributed by atoms with Crippen molar-refractivity contribution in [2.45, 2.75) is 58.3 Å². The molecule has 1 aromatic carbocycles. The zero-order valence-electron chi connectivity index (χ0n) is 19.8. The molecular weight excluding hydrogens is 533 g/mol. The Morgan fingerprint density at radius 1 is 1.25 bits per heavy atom. The van der Waals surface area contributed by atoms with Gasteiger partial charge < -0.3 is 15.2 Å². The number of aromatic nitrogens is 3. The maximum Gasteiger partial charge on any atom is 0.191 e. The van der Waals surface area contributed by atoms with Gasteiger partial charge in [0.25, 0.3) is 0 Å². The highest BCUT2D eigenvalue weighted by Crippen LogP contribution is 2.20. The van der Waals surface area contributed by atoms with Crippen molar-refractivity contribution in [1.29, 1.82) is 0 Å². The molecule has 2 N–H and O–H groups in total. The molecule has 2 atom stereocenters. The van der Waals surface area contributed by atoms with E-state index in [1.807, 2.05) is 30.3 Å². The fourth-order valence-electron chi connectivity index (χ4n) is 3.91. The summed E-state index contributed by atoms with van der Waals surface area (Å²) in [5, 5.41) is 15.6. The van der Waals surface area contributed by atoms with Crippen LogP contribution in [0.25, 0.3) is 0 Å². The number of hydrogen-bond donors (Lipinski definition) is 2. The van der Waals surface area contributed by atoms with Crippen LogP contribution in [0.5, 0.6) is 0 Å². The molecule has 2 unspecified atom stereocenters. The van der Waals surface area contributed by atoms with Crippen LogP contribution in [0.3, 0.4) is 0 Å².